The van der Waals surface area contributed by atoms with Crippen LogP contribution in [0.3, 0.4) is 0 Å². The van der Waals surface area contributed by atoms with Crippen LogP contribution in [0.4, 0.5) is 4.79 Å². The molecule has 3 unspecified atom stereocenters. The molecule has 0 aromatic carbocycles. The second-order valence-electron chi connectivity index (χ2n) is 5.26. The Hall–Kier alpha value is -0.770. The van der Waals surface area contributed by atoms with Crippen LogP contribution in [-0.4, -0.2) is 28.9 Å². The van der Waals surface area contributed by atoms with E-state index in [-0.39, 0.29) is 18.1 Å². The summed E-state index contributed by atoms with van der Waals surface area (Å²) in [4.78, 5) is 11.5. The Morgan fingerprint density at radius 2 is 2.00 bits per heavy atom. The molecule has 4 heteroatoms. The maximum absolute atomic E-state index is 11.5. The van der Waals surface area contributed by atoms with E-state index in [0.29, 0.717) is 0 Å². The molecule has 1 amide bonds. The Balaban J connectivity index is 2.39. The Labute approximate surface area is 91.0 Å². The van der Waals surface area contributed by atoms with Crippen molar-refractivity contribution in [2.45, 2.75) is 58.3 Å². The molecule has 1 rings (SSSR count). The van der Waals surface area contributed by atoms with Gasteiger partial charge in [-0.3, -0.25) is 0 Å². The van der Waals surface area contributed by atoms with E-state index < -0.39 is 11.7 Å². The molecular weight excluding hydrogens is 194 g/mol. The highest BCUT2D eigenvalue weighted by Crippen LogP contribution is 2.25. The number of nitrogens with one attached hydrogen (secondary N) is 1. The predicted octanol–water partition coefficient (Wildman–Crippen LogP) is 1.67. The lowest BCUT2D eigenvalue weighted by Crippen LogP contribution is -2.41. The van der Waals surface area contributed by atoms with Gasteiger partial charge in [0.25, 0.3) is 0 Å². The van der Waals surface area contributed by atoms with Gasteiger partial charge in [0.15, 0.2) is 0 Å². The minimum absolute atomic E-state index is 0.0369. The Bertz CT molecular complexity index is 234. The standard InChI is InChI=1S/C11H21NO3/c1-7-8(5-6-9(7)13)12-10(14)15-11(2,3)4/h7-9,13H,5-6H2,1-4H3,(H,12,14). The Morgan fingerprint density at radius 3 is 2.40 bits per heavy atom. The van der Waals surface area contributed by atoms with Gasteiger partial charge < -0.3 is 15.2 Å². The SMILES string of the molecule is CC1C(O)CCC1NC(=O)OC(C)(C)C. The second-order valence-corrected chi connectivity index (χ2v) is 5.26. The molecule has 0 heterocycles. The molecule has 1 saturated carbocycles. The molecule has 0 aromatic heterocycles. The molecule has 0 saturated heterocycles. The molecule has 0 radical (unpaired) electrons. The molecule has 0 spiro atoms. The number of carbonyl (C=O) groups is 1. The fourth-order valence-electron chi connectivity index (χ4n) is 1.81. The van der Waals surface area contributed by atoms with Gasteiger partial charge in [-0.15, -0.1) is 0 Å². The van der Waals surface area contributed by atoms with Crippen molar-refractivity contribution < 1.29 is 14.6 Å². The molecule has 4 nitrogen and oxygen atoms in total. The van der Waals surface area contributed by atoms with Crippen LogP contribution in [0.1, 0.15) is 40.5 Å². The van der Waals surface area contributed by atoms with Crippen LogP contribution in [0.25, 0.3) is 0 Å². The average molecular weight is 215 g/mol. The zero-order chi connectivity index (χ0) is 11.6. The molecule has 2 N–H and O–H groups in total. The van der Waals surface area contributed by atoms with E-state index in [0.717, 1.165) is 12.8 Å². The molecule has 3 atom stereocenters. The summed E-state index contributed by atoms with van der Waals surface area (Å²) < 4.78 is 5.15. The fraction of sp³-hybridized carbons (Fsp3) is 0.909. The number of hydrogen-bond donors (Lipinski definition) is 2. The van der Waals surface area contributed by atoms with Crippen molar-refractivity contribution in [1.82, 2.24) is 5.32 Å². The first-order valence-corrected chi connectivity index (χ1v) is 5.47. The van der Waals surface area contributed by atoms with Crippen LogP contribution < -0.4 is 5.32 Å². The first-order valence-electron chi connectivity index (χ1n) is 5.47. The van der Waals surface area contributed by atoms with Gasteiger partial charge in [-0.25, -0.2) is 4.79 Å². The van der Waals surface area contributed by atoms with E-state index in [1.54, 1.807) is 0 Å². The van der Waals surface area contributed by atoms with E-state index >= 15 is 0 Å². The maximum atomic E-state index is 11.5. The summed E-state index contributed by atoms with van der Waals surface area (Å²) in [5, 5.41) is 12.3. The highest BCUT2D eigenvalue weighted by atomic mass is 16.6. The number of aliphatic hydroxyl groups is 1. The molecule has 88 valence electrons. The zero-order valence-electron chi connectivity index (χ0n) is 9.91. The summed E-state index contributed by atoms with van der Waals surface area (Å²) in [5.74, 6) is 0.109. The molecule has 1 aliphatic carbocycles. The summed E-state index contributed by atoms with van der Waals surface area (Å²) >= 11 is 0. The lowest BCUT2D eigenvalue weighted by atomic mass is 10.1. The molecule has 1 fully saturated rings. The molecule has 15 heavy (non-hydrogen) atoms. The monoisotopic (exact) mass is 215 g/mol. The van der Waals surface area contributed by atoms with Gasteiger partial charge in [0.2, 0.25) is 0 Å². The molecule has 0 bridgehead atoms. The summed E-state index contributed by atoms with van der Waals surface area (Å²) in [6, 6.07) is 0.0369. The zero-order valence-corrected chi connectivity index (χ0v) is 9.91. The van der Waals surface area contributed by atoms with Gasteiger partial charge in [-0.2, -0.15) is 0 Å². The third-order valence-corrected chi connectivity index (χ3v) is 2.72. The van der Waals surface area contributed by atoms with E-state index in [9.17, 15) is 9.90 Å². The number of ether oxygens (including phenoxy) is 1. The fourth-order valence-corrected chi connectivity index (χ4v) is 1.81. The third kappa shape index (κ3) is 3.70. The highest BCUT2D eigenvalue weighted by molar-refractivity contribution is 5.68. The van der Waals surface area contributed by atoms with E-state index in [2.05, 4.69) is 5.32 Å². The van der Waals surface area contributed by atoms with Crippen LogP contribution in [0.15, 0.2) is 0 Å². The number of rotatable bonds is 1. The maximum Gasteiger partial charge on any atom is 0.407 e. The quantitative estimate of drug-likeness (QED) is 0.699. The van der Waals surface area contributed by atoms with Gasteiger partial charge in [-0.1, -0.05) is 6.92 Å². The van der Waals surface area contributed by atoms with Gasteiger partial charge in [0.05, 0.1) is 6.10 Å². The minimum atomic E-state index is -0.468. The largest absolute Gasteiger partial charge is 0.444 e. The van der Waals surface area contributed by atoms with E-state index in [1.165, 1.54) is 0 Å². The number of amides is 1. The van der Waals surface area contributed by atoms with Crippen LogP contribution in [0.2, 0.25) is 0 Å². The van der Waals surface area contributed by atoms with Crippen molar-refractivity contribution in [1.29, 1.82) is 0 Å². The smallest absolute Gasteiger partial charge is 0.407 e. The van der Waals surface area contributed by atoms with Crippen molar-refractivity contribution in [2.75, 3.05) is 0 Å². The van der Waals surface area contributed by atoms with Crippen molar-refractivity contribution >= 4 is 6.09 Å². The first kappa shape index (κ1) is 12.3. The van der Waals surface area contributed by atoms with Crippen LogP contribution in [0.5, 0.6) is 0 Å². The van der Waals surface area contributed by atoms with Gasteiger partial charge in [0.1, 0.15) is 5.60 Å². The van der Waals surface area contributed by atoms with Crippen molar-refractivity contribution in [3.63, 3.8) is 0 Å². The van der Waals surface area contributed by atoms with E-state index in [1.807, 2.05) is 27.7 Å². The summed E-state index contributed by atoms with van der Waals surface area (Å²) in [5.41, 5.74) is -0.468. The summed E-state index contributed by atoms with van der Waals surface area (Å²) in [6.45, 7) is 7.44. The topological polar surface area (TPSA) is 58.6 Å². The lowest BCUT2D eigenvalue weighted by Gasteiger charge is -2.23. The van der Waals surface area contributed by atoms with Crippen molar-refractivity contribution in [2.24, 2.45) is 5.92 Å². The predicted molar refractivity (Wildman–Crippen MR) is 57.6 cm³/mol. The summed E-state index contributed by atoms with van der Waals surface area (Å²) in [7, 11) is 0. The Morgan fingerprint density at radius 1 is 1.40 bits per heavy atom. The molecule has 0 aliphatic heterocycles. The van der Waals surface area contributed by atoms with Crippen LogP contribution in [-0.2, 0) is 4.74 Å². The molecule has 1 aliphatic rings. The van der Waals surface area contributed by atoms with Crippen LogP contribution >= 0.6 is 0 Å². The summed E-state index contributed by atoms with van der Waals surface area (Å²) in [6.07, 6.45) is 0.877. The minimum Gasteiger partial charge on any atom is -0.444 e. The molecular formula is C11H21NO3. The normalized spacial score (nSPS) is 31.4. The molecule has 0 aromatic rings. The number of hydrogen-bond acceptors (Lipinski definition) is 3. The second kappa shape index (κ2) is 4.39. The van der Waals surface area contributed by atoms with Gasteiger partial charge >= 0.3 is 6.09 Å². The van der Waals surface area contributed by atoms with Gasteiger partial charge in [-0.05, 0) is 33.6 Å². The lowest BCUT2D eigenvalue weighted by molar-refractivity contribution is 0.0480. The van der Waals surface area contributed by atoms with Crippen molar-refractivity contribution in [3.05, 3.63) is 0 Å². The van der Waals surface area contributed by atoms with Crippen LogP contribution in [0, 0.1) is 5.92 Å². The van der Waals surface area contributed by atoms with Gasteiger partial charge in [0, 0.05) is 12.0 Å². The van der Waals surface area contributed by atoms with Crippen molar-refractivity contribution in [3.8, 4) is 0 Å². The number of carbonyl (C=O) groups excluding carboxylic acids is 1. The number of aliphatic hydroxyl groups excluding tert-OH is 1. The highest BCUT2D eigenvalue weighted by Gasteiger charge is 2.33. The number of alkyl carbamates (subject to hydrolysis) is 1. The van der Waals surface area contributed by atoms with E-state index in [4.69, 9.17) is 4.74 Å². The Kier molecular flexibility index (Phi) is 3.60. The average Bonchev–Trinajstić information content (AvgIpc) is 2.32. The third-order valence-electron chi connectivity index (χ3n) is 2.72. The first-order chi connectivity index (χ1) is 6.79.